The Balaban J connectivity index is 3.73. The van der Waals surface area contributed by atoms with E-state index in [0.717, 1.165) is 24.2 Å². The Labute approximate surface area is 179 Å². The molecule has 0 aliphatic carbocycles. The molecule has 0 aromatic carbocycles. The van der Waals surface area contributed by atoms with Crippen molar-refractivity contribution >= 4 is 11.9 Å². The standard InChI is InChI=1S/C25H46O4/c1-20(2)10-7-11-21(3)12-8-13-22(4)14-9-15-23(5)18-19-29-25(27)17-16-24(26)28-6/h18,20-22H,7-17,19H2,1-6H3. The number of rotatable bonds is 17. The maximum Gasteiger partial charge on any atom is 0.306 e. The molecule has 0 saturated heterocycles. The van der Waals surface area contributed by atoms with Gasteiger partial charge in [-0.2, -0.15) is 0 Å². The molecule has 2 atom stereocenters. The molecule has 0 spiro atoms. The minimum atomic E-state index is -0.386. The zero-order valence-corrected chi connectivity index (χ0v) is 19.9. The van der Waals surface area contributed by atoms with Crippen LogP contribution in [0.5, 0.6) is 0 Å². The van der Waals surface area contributed by atoms with Crippen LogP contribution in [0.3, 0.4) is 0 Å². The summed E-state index contributed by atoms with van der Waals surface area (Å²) in [6, 6.07) is 0. The number of esters is 2. The van der Waals surface area contributed by atoms with Gasteiger partial charge in [-0.15, -0.1) is 0 Å². The molecular formula is C25H46O4. The predicted octanol–water partition coefficient (Wildman–Crippen LogP) is 6.87. The largest absolute Gasteiger partial charge is 0.469 e. The average molecular weight is 411 g/mol. The first-order chi connectivity index (χ1) is 13.7. The lowest BCUT2D eigenvalue weighted by molar-refractivity contribution is -0.148. The van der Waals surface area contributed by atoms with Crippen LogP contribution in [0.1, 0.15) is 105 Å². The third kappa shape index (κ3) is 18.4. The molecule has 0 rings (SSSR count). The number of hydrogen-bond acceptors (Lipinski definition) is 4. The van der Waals surface area contributed by atoms with Crippen molar-refractivity contribution in [1.82, 2.24) is 0 Å². The highest BCUT2D eigenvalue weighted by Crippen LogP contribution is 2.22. The van der Waals surface area contributed by atoms with Crippen molar-refractivity contribution in [3.63, 3.8) is 0 Å². The number of allylic oxidation sites excluding steroid dienone is 1. The van der Waals surface area contributed by atoms with Gasteiger partial charge >= 0.3 is 11.9 Å². The first-order valence-electron chi connectivity index (χ1n) is 11.6. The molecule has 4 nitrogen and oxygen atoms in total. The highest BCUT2D eigenvalue weighted by molar-refractivity contribution is 5.77. The van der Waals surface area contributed by atoms with Gasteiger partial charge in [0.25, 0.3) is 0 Å². The topological polar surface area (TPSA) is 52.6 Å². The molecule has 170 valence electrons. The molecule has 0 aromatic rings. The van der Waals surface area contributed by atoms with Gasteiger partial charge in [0.05, 0.1) is 20.0 Å². The fourth-order valence-corrected chi connectivity index (χ4v) is 3.46. The summed E-state index contributed by atoms with van der Waals surface area (Å²) in [5.74, 6) is 1.73. The first kappa shape index (κ1) is 27.7. The maximum atomic E-state index is 11.5. The molecular weight excluding hydrogens is 364 g/mol. The maximum absolute atomic E-state index is 11.5. The van der Waals surface area contributed by atoms with E-state index in [1.165, 1.54) is 64.0 Å². The van der Waals surface area contributed by atoms with E-state index < -0.39 is 0 Å². The van der Waals surface area contributed by atoms with Crippen LogP contribution in [0.2, 0.25) is 0 Å². The number of ether oxygens (including phenoxy) is 2. The molecule has 0 heterocycles. The van der Waals surface area contributed by atoms with Crippen LogP contribution in [0.4, 0.5) is 0 Å². The van der Waals surface area contributed by atoms with Crippen molar-refractivity contribution < 1.29 is 19.1 Å². The lowest BCUT2D eigenvalue weighted by Gasteiger charge is -2.15. The van der Waals surface area contributed by atoms with Gasteiger partial charge in [-0.3, -0.25) is 9.59 Å². The molecule has 0 aliphatic heterocycles. The van der Waals surface area contributed by atoms with Crippen molar-refractivity contribution in [2.75, 3.05) is 13.7 Å². The Hall–Kier alpha value is -1.32. The van der Waals surface area contributed by atoms with Crippen molar-refractivity contribution in [2.45, 2.75) is 105 Å². The summed E-state index contributed by atoms with van der Waals surface area (Å²) in [4.78, 5) is 22.5. The third-order valence-electron chi connectivity index (χ3n) is 5.58. The fraction of sp³-hybridized carbons (Fsp3) is 0.840. The quantitative estimate of drug-likeness (QED) is 0.194. The van der Waals surface area contributed by atoms with Crippen LogP contribution in [0, 0.1) is 17.8 Å². The molecule has 0 aromatic heterocycles. The predicted molar refractivity (Wildman–Crippen MR) is 121 cm³/mol. The van der Waals surface area contributed by atoms with Gasteiger partial charge in [0.15, 0.2) is 0 Å². The van der Waals surface area contributed by atoms with Gasteiger partial charge in [-0.1, -0.05) is 78.2 Å². The first-order valence-corrected chi connectivity index (χ1v) is 11.6. The van der Waals surface area contributed by atoms with E-state index in [-0.39, 0.29) is 31.4 Å². The lowest BCUT2D eigenvalue weighted by atomic mass is 9.91. The van der Waals surface area contributed by atoms with E-state index in [9.17, 15) is 9.59 Å². The summed E-state index contributed by atoms with van der Waals surface area (Å²) in [6.45, 7) is 11.8. The second-order valence-corrected chi connectivity index (χ2v) is 9.17. The molecule has 0 radical (unpaired) electrons. The monoisotopic (exact) mass is 410 g/mol. The number of hydrogen-bond donors (Lipinski definition) is 0. The Morgan fingerprint density at radius 2 is 1.28 bits per heavy atom. The second kappa shape index (κ2) is 17.5. The molecule has 0 N–H and O–H groups in total. The Morgan fingerprint density at radius 1 is 0.759 bits per heavy atom. The third-order valence-corrected chi connectivity index (χ3v) is 5.58. The molecule has 0 saturated carbocycles. The summed E-state index contributed by atoms with van der Waals surface area (Å²) >= 11 is 0. The van der Waals surface area contributed by atoms with Crippen molar-refractivity contribution in [3.05, 3.63) is 11.6 Å². The Bertz CT molecular complexity index is 467. The zero-order valence-electron chi connectivity index (χ0n) is 19.9. The summed E-state index contributed by atoms with van der Waals surface area (Å²) in [5, 5.41) is 0. The lowest BCUT2D eigenvalue weighted by Crippen LogP contribution is -2.09. The highest BCUT2D eigenvalue weighted by Gasteiger charge is 2.08. The van der Waals surface area contributed by atoms with E-state index >= 15 is 0 Å². The smallest absolute Gasteiger partial charge is 0.306 e. The Morgan fingerprint density at radius 3 is 1.83 bits per heavy atom. The van der Waals surface area contributed by atoms with Crippen molar-refractivity contribution in [1.29, 1.82) is 0 Å². The summed E-state index contributed by atoms with van der Waals surface area (Å²) < 4.78 is 9.64. The summed E-state index contributed by atoms with van der Waals surface area (Å²) in [6.07, 6.45) is 13.8. The molecule has 29 heavy (non-hydrogen) atoms. The minimum absolute atomic E-state index is 0.0760. The number of carbonyl (C=O) groups excluding carboxylic acids is 2. The van der Waals surface area contributed by atoms with Crippen LogP contribution < -0.4 is 0 Å². The van der Waals surface area contributed by atoms with Crippen molar-refractivity contribution in [2.24, 2.45) is 17.8 Å². The molecule has 0 aliphatic rings. The number of methoxy groups -OCH3 is 1. The van der Waals surface area contributed by atoms with Gasteiger partial charge < -0.3 is 9.47 Å². The molecule has 0 bridgehead atoms. The summed E-state index contributed by atoms with van der Waals surface area (Å²) in [5.41, 5.74) is 1.26. The second-order valence-electron chi connectivity index (χ2n) is 9.17. The SMILES string of the molecule is COC(=O)CCC(=O)OCC=C(C)CCCC(C)CCCC(C)CCCC(C)C. The van der Waals surface area contributed by atoms with Gasteiger partial charge in [0.2, 0.25) is 0 Å². The van der Waals surface area contributed by atoms with Gasteiger partial charge in [-0.05, 0) is 43.6 Å². The van der Waals surface area contributed by atoms with E-state index in [1.54, 1.807) is 0 Å². The van der Waals surface area contributed by atoms with Crippen LogP contribution >= 0.6 is 0 Å². The number of carbonyl (C=O) groups is 2. The zero-order chi connectivity index (χ0) is 22.1. The normalized spacial score (nSPS) is 14.0. The van der Waals surface area contributed by atoms with E-state index in [2.05, 4.69) is 39.4 Å². The van der Waals surface area contributed by atoms with Gasteiger partial charge in [0, 0.05) is 0 Å². The molecule has 2 unspecified atom stereocenters. The van der Waals surface area contributed by atoms with Crippen LogP contribution in [0.15, 0.2) is 11.6 Å². The minimum Gasteiger partial charge on any atom is -0.469 e. The van der Waals surface area contributed by atoms with Crippen LogP contribution in [-0.4, -0.2) is 25.7 Å². The highest BCUT2D eigenvalue weighted by atomic mass is 16.5. The van der Waals surface area contributed by atoms with E-state index in [1.807, 2.05) is 6.08 Å². The van der Waals surface area contributed by atoms with E-state index in [4.69, 9.17) is 4.74 Å². The van der Waals surface area contributed by atoms with Crippen LogP contribution in [0.25, 0.3) is 0 Å². The van der Waals surface area contributed by atoms with Crippen molar-refractivity contribution in [3.8, 4) is 0 Å². The van der Waals surface area contributed by atoms with Gasteiger partial charge in [0.1, 0.15) is 6.61 Å². The fourth-order valence-electron chi connectivity index (χ4n) is 3.46. The Kier molecular flexibility index (Phi) is 16.7. The molecule has 4 heteroatoms. The summed E-state index contributed by atoms with van der Waals surface area (Å²) in [7, 11) is 1.32. The van der Waals surface area contributed by atoms with Crippen LogP contribution in [-0.2, 0) is 19.1 Å². The van der Waals surface area contributed by atoms with Gasteiger partial charge in [-0.25, -0.2) is 0 Å². The van der Waals surface area contributed by atoms with E-state index in [0.29, 0.717) is 0 Å². The average Bonchev–Trinajstić information content (AvgIpc) is 2.65. The molecule has 0 fully saturated rings. The molecule has 0 amide bonds.